The van der Waals surface area contributed by atoms with Gasteiger partial charge in [0.05, 0.1) is 18.0 Å². The molecular weight excluding hydrogens is 340 g/mol. The van der Waals surface area contributed by atoms with Gasteiger partial charge in [0.15, 0.2) is 0 Å². The zero-order valence-corrected chi connectivity index (χ0v) is 14.2. The van der Waals surface area contributed by atoms with E-state index in [4.69, 9.17) is 4.74 Å². The molecule has 0 amide bonds. The highest BCUT2D eigenvalue weighted by Gasteiger charge is 1.96. The minimum atomic E-state index is 0.771. The molecule has 116 valence electrons. The number of azo groups is 1. The minimum Gasteiger partial charge on any atom is -0.494 e. The molecule has 2 aromatic rings. The molecule has 0 heterocycles. The molecule has 3 nitrogen and oxygen atoms in total. The molecule has 22 heavy (non-hydrogen) atoms. The molecule has 0 aliphatic carbocycles. The van der Waals surface area contributed by atoms with Crippen LogP contribution in [0.15, 0.2) is 64.8 Å². The van der Waals surface area contributed by atoms with Gasteiger partial charge >= 0.3 is 0 Å². The summed E-state index contributed by atoms with van der Waals surface area (Å²) < 4.78 is 5.72. The third-order valence-corrected chi connectivity index (χ3v) is 3.73. The highest BCUT2D eigenvalue weighted by molar-refractivity contribution is 9.09. The van der Waals surface area contributed by atoms with Gasteiger partial charge < -0.3 is 4.74 Å². The van der Waals surface area contributed by atoms with E-state index in [1.165, 1.54) is 19.3 Å². The van der Waals surface area contributed by atoms with E-state index in [9.17, 15) is 0 Å². The number of halogens is 1. The van der Waals surface area contributed by atoms with E-state index < -0.39 is 0 Å². The van der Waals surface area contributed by atoms with E-state index in [1.54, 1.807) is 0 Å². The average molecular weight is 361 g/mol. The summed E-state index contributed by atoms with van der Waals surface area (Å²) in [5.41, 5.74) is 1.68. The summed E-state index contributed by atoms with van der Waals surface area (Å²) in [5.74, 6) is 0.888. The number of hydrogen-bond acceptors (Lipinski definition) is 3. The predicted octanol–water partition coefficient (Wildman–Crippen LogP) is 6.44. The maximum Gasteiger partial charge on any atom is 0.119 e. The molecule has 0 unspecified atom stereocenters. The van der Waals surface area contributed by atoms with Crippen LogP contribution in [0.3, 0.4) is 0 Å². The first-order valence-corrected chi connectivity index (χ1v) is 8.76. The molecule has 0 atom stereocenters. The monoisotopic (exact) mass is 360 g/mol. The number of unbranched alkanes of at least 4 members (excludes halogenated alkanes) is 3. The fourth-order valence-electron chi connectivity index (χ4n) is 1.96. The minimum absolute atomic E-state index is 0.771. The van der Waals surface area contributed by atoms with Crippen LogP contribution in [0.5, 0.6) is 5.75 Å². The number of benzene rings is 2. The first kappa shape index (κ1) is 16.7. The zero-order valence-electron chi connectivity index (χ0n) is 12.6. The van der Waals surface area contributed by atoms with E-state index >= 15 is 0 Å². The highest BCUT2D eigenvalue weighted by Crippen LogP contribution is 2.21. The SMILES string of the molecule is BrCCCCCCOc1ccc(/N=N/c2ccccc2)cc1. The standard InChI is InChI=1S/C18H21BrN2O/c19-14-6-1-2-7-15-22-18-12-10-17(11-13-18)21-20-16-8-4-3-5-9-16/h3-5,8-13H,1-2,6-7,14-15H2/b21-20+. The lowest BCUT2D eigenvalue weighted by atomic mass is 10.2. The summed E-state index contributed by atoms with van der Waals surface area (Å²) in [6, 6.07) is 17.4. The quantitative estimate of drug-likeness (QED) is 0.288. The Hall–Kier alpha value is -1.68. The maximum absolute atomic E-state index is 5.72. The third-order valence-electron chi connectivity index (χ3n) is 3.17. The van der Waals surface area contributed by atoms with Crippen molar-refractivity contribution >= 4 is 27.3 Å². The fraction of sp³-hybridized carbons (Fsp3) is 0.333. The van der Waals surface area contributed by atoms with Crippen LogP contribution in [0.25, 0.3) is 0 Å². The molecule has 0 aliphatic heterocycles. The summed E-state index contributed by atoms with van der Waals surface area (Å²) in [6.07, 6.45) is 4.81. The van der Waals surface area contributed by atoms with Crippen LogP contribution < -0.4 is 4.74 Å². The van der Waals surface area contributed by atoms with Gasteiger partial charge in [0.1, 0.15) is 5.75 Å². The van der Waals surface area contributed by atoms with Crippen molar-refractivity contribution < 1.29 is 4.74 Å². The van der Waals surface area contributed by atoms with Crippen molar-refractivity contribution in [2.75, 3.05) is 11.9 Å². The molecule has 2 aromatic carbocycles. The summed E-state index contributed by atoms with van der Waals surface area (Å²) in [4.78, 5) is 0. The largest absolute Gasteiger partial charge is 0.494 e. The number of nitrogens with zero attached hydrogens (tertiary/aromatic N) is 2. The number of ether oxygens (including phenoxy) is 1. The van der Waals surface area contributed by atoms with Crippen molar-refractivity contribution in [2.45, 2.75) is 25.7 Å². The van der Waals surface area contributed by atoms with Crippen LogP contribution in [0.2, 0.25) is 0 Å². The van der Waals surface area contributed by atoms with Gasteiger partial charge in [0, 0.05) is 5.33 Å². The Balaban J connectivity index is 1.74. The van der Waals surface area contributed by atoms with Crippen LogP contribution in [-0.2, 0) is 0 Å². The summed E-state index contributed by atoms with van der Waals surface area (Å²) in [5, 5.41) is 9.49. The van der Waals surface area contributed by atoms with Gasteiger partial charge in [0.2, 0.25) is 0 Å². The van der Waals surface area contributed by atoms with Crippen molar-refractivity contribution in [1.29, 1.82) is 0 Å². The molecule has 0 fully saturated rings. The molecule has 0 radical (unpaired) electrons. The van der Waals surface area contributed by atoms with Gasteiger partial charge in [-0.25, -0.2) is 0 Å². The molecule has 0 aromatic heterocycles. The first-order chi connectivity index (χ1) is 10.9. The fourth-order valence-corrected chi connectivity index (χ4v) is 2.36. The Morgan fingerprint density at radius 3 is 2.05 bits per heavy atom. The van der Waals surface area contributed by atoms with Crippen molar-refractivity contribution in [3.63, 3.8) is 0 Å². The number of rotatable bonds is 9. The number of hydrogen-bond donors (Lipinski definition) is 0. The van der Waals surface area contributed by atoms with Gasteiger partial charge in [0.25, 0.3) is 0 Å². The molecule has 0 bridgehead atoms. The Bertz CT molecular complexity index is 555. The van der Waals surface area contributed by atoms with Gasteiger partial charge in [-0.05, 0) is 49.2 Å². The summed E-state index contributed by atoms with van der Waals surface area (Å²) >= 11 is 3.44. The topological polar surface area (TPSA) is 34.0 Å². The molecule has 0 aliphatic rings. The average Bonchev–Trinajstić information content (AvgIpc) is 2.58. The molecule has 0 spiro atoms. The summed E-state index contributed by atoms with van der Waals surface area (Å²) in [6.45, 7) is 0.771. The van der Waals surface area contributed by atoms with Crippen molar-refractivity contribution in [3.8, 4) is 5.75 Å². The molecule has 2 rings (SSSR count). The van der Waals surface area contributed by atoms with Crippen molar-refractivity contribution in [1.82, 2.24) is 0 Å². The van der Waals surface area contributed by atoms with Crippen molar-refractivity contribution in [3.05, 3.63) is 54.6 Å². The second-order valence-corrected chi connectivity index (χ2v) is 5.77. The van der Waals surface area contributed by atoms with Crippen molar-refractivity contribution in [2.24, 2.45) is 10.2 Å². The Morgan fingerprint density at radius 2 is 1.36 bits per heavy atom. The van der Waals surface area contributed by atoms with Gasteiger partial charge in [-0.1, -0.05) is 47.0 Å². The Kier molecular flexibility index (Phi) is 7.67. The van der Waals surface area contributed by atoms with E-state index in [-0.39, 0.29) is 0 Å². The Labute approximate surface area is 140 Å². The van der Waals surface area contributed by atoms with E-state index in [2.05, 4.69) is 26.2 Å². The van der Waals surface area contributed by atoms with Gasteiger partial charge in [-0.15, -0.1) is 0 Å². The van der Waals surface area contributed by atoms with Crippen LogP contribution in [0, 0.1) is 0 Å². The number of alkyl halides is 1. The smallest absolute Gasteiger partial charge is 0.119 e. The zero-order chi connectivity index (χ0) is 15.5. The molecule has 0 saturated carbocycles. The second kappa shape index (κ2) is 10.1. The van der Waals surface area contributed by atoms with Gasteiger partial charge in [-0.2, -0.15) is 10.2 Å². The highest BCUT2D eigenvalue weighted by atomic mass is 79.9. The van der Waals surface area contributed by atoms with Gasteiger partial charge in [-0.3, -0.25) is 0 Å². The lowest BCUT2D eigenvalue weighted by molar-refractivity contribution is 0.305. The van der Waals surface area contributed by atoms with Crippen LogP contribution in [0.4, 0.5) is 11.4 Å². The van der Waals surface area contributed by atoms with Crippen LogP contribution in [-0.4, -0.2) is 11.9 Å². The summed E-state index contributed by atoms with van der Waals surface area (Å²) in [7, 11) is 0. The molecule has 0 saturated heterocycles. The predicted molar refractivity (Wildman–Crippen MR) is 94.8 cm³/mol. The van der Waals surface area contributed by atoms with E-state index in [1.807, 2.05) is 54.6 Å². The second-order valence-electron chi connectivity index (χ2n) is 4.98. The molecule has 4 heteroatoms. The lowest BCUT2D eigenvalue weighted by Gasteiger charge is -2.05. The molecular formula is C18H21BrN2O. The third kappa shape index (κ3) is 6.39. The van der Waals surface area contributed by atoms with Crippen LogP contribution >= 0.6 is 15.9 Å². The van der Waals surface area contributed by atoms with Crippen LogP contribution in [0.1, 0.15) is 25.7 Å². The Morgan fingerprint density at radius 1 is 0.727 bits per heavy atom. The first-order valence-electron chi connectivity index (χ1n) is 7.64. The van der Waals surface area contributed by atoms with E-state index in [0.29, 0.717) is 0 Å². The van der Waals surface area contributed by atoms with E-state index in [0.717, 1.165) is 35.5 Å². The molecule has 0 N–H and O–H groups in total. The lowest BCUT2D eigenvalue weighted by Crippen LogP contribution is -1.96. The normalized spacial score (nSPS) is 11.0. The maximum atomic E-state index is 5.72.